The van der Waals surface area contributed by atoms with Crippen molar-refractivity contribution in [2.75, 3.05) is 23.7 Å². The van der Waals surface area contributed by atoms with Crippen molar-refractivity contribution >= 4 is 11.9 Å². The van der Waals surface area contributed by atoms with E-state index in [2.05, 4.69) is 46.4 Å². The topological polar surface area (TPSA) is 62.7 Å². The Morgan fingerprint density at radius 2 is 1.32 bits per heavy atom. The van der Waals surface area contributed by atoms with E-state index in [0.717, 1.165) is 44.6 Å². The fourth-order valence-electron chi connectivity index (χ4n) is 1.70. The molecule has 0 aromatic carbocycles. The highest BCUT2D eigenvalue weighted by Gasteiger charge is 2.05. The Kier molecular flexibility index (Phi) is 7.86. The Morgan fingerprint density at radius 3 is 1.79 bits per heavy atom. The maximum absolute atomic E-state index is 4.48. The molecule has 0 amide bonds. The molecule has 0 atom stereocenters. The Balaban J connectivity index is 2.70. The molecule has 108 valence electrons. The number of aryl methyl sites for hydroxylation is 1. The van der Waals surface area contributed by atoms with Gasteiger partial charge in [-0.25, -0.2) is 0 Å². The van der Waals surface area contributed by atoms with E-state index in [0.29, 0.717) is 11.9 Å². The Labute approximate surface area is 116 Å². The van der Waals surface area contributed by atoms with Gasteiger partial charge in [-0.3, -0.25) is 0 Å². The molecule has 1 aromatic rings. The summed E-state index contributed by atoms with van der Waals surface area (Å²) in [7, 11) is 0. The third-order valence-corrected chi connectivity index (χ3v) is 2.75. The third kappa shape index (κ3) is 6.36. The molecular weight excluding hydrogens is 238 g/mol. The van der Waals surface area contributed by atoms with Gasteiger partial charge in [0.25, 0.3) is 0 Å². The van der Waals surface area contributed by atoms with Gasteiger partial charge in [0, 0.05) is 19.5 Å². The highest BCUT2D eigenvalue weighted by atomic mass is 15.2. The van der Waals surface area contributed by atoms with Gasteiger partial charge in [-0.15, -0.1) is 0 Å². The van der Waals surface area contributed by atoms with Crippen molar-refractivity contribution in [2.45, 2.75) is 59.3 Å². The molecule has 0 saturated carbocycles. The van der Waals surface area contributed by atoms with Crippen molar-refractivity contribution in [1.29, 1.82) is 0 Å². The van der Waals surface area contributed by atoms with Gasteiger partial charge in [0.05, 0.1) is 0 Å². The van der Waals surface area contributed by atoms with E-state index in [4.69, 9.17) is 0 Å². The Bertz CT molecular complexity index is 327. The SMILES string of the molecule is CCCCCc1nc(NCCC)nc(NCCC)n1. The van der Waals surface area contributed by atoms with Gasteiger partial charge in [0.15, 0.2) is 0 Å². The van der Waals surface area contributed by atoms with Crippen molar-refractivity contribution < 1.29 is 0 Å². The zero-order valence-corrected chi connectivity index (χ0v) is 12.5. The minimum absolute atomic E-state index is 0.696. The van der Waals surface area contributed by atoms with Crippen LogP contribution in [0.1, 0.15) is 58.7 Å². The van der Waals surface area contributed by atoms with Crippen LogP contribution < -0.4 is 10.6 Å². The summed E-state index contributed by atoms with van der Waals surface area (Å²) in [5.41, 5.74) is 0. The average Bonchev–Trinajstić information content (AvgIpc) is 2.43. The van der Waals surface area contributed by atoms with Crippen LogP contribution in [-0.2, 0) is 6.42 Å². The zero-order valence-electron chi connectivity index (χ0n) is 12.5. The van der Waals surface area contributed by atoms with Crippen LogP contribution in [0.3, 0.4) is 0 Å². The summed E-state index contributed by atoms with van der Waals surface area (Å²) in [5.74, 6) is 2.28. The second-order valence-electron chi connectivity index (χ2n) is 4.71. The molecule has 1 rings (SSSR count). The van der Waals surface area contributed by atoms with Gasteiger partial charge >= 0.3 is 0 Å². The van der Waals surface area contributed by atoms with Crippen LogP contribution in [0.5, 0.6) is 0 Å². The van der Waals surface area contributed by atoms with Crippen molar-refractivity contribution in [3.8, 4) is 0 Å². The maximum Gasteiger partial charge on any atom is 0.227 e. The van der Waals surface area contributed by atoms with Crippen molar-refractivity contribution in [3.05, 3.63) is 5.82 Å². The van der Waals surface area contributed by atoms with Crippen molar-refractivity contribution in [1.82, 2.24) is 15.0 Å². The summed E-state index contributed by atoms with van der Waals surface area (Å²) in [5, 5.41) is 6.48. The number of rotatable bonds is 10. The minimum Gasteiger partial charge on any atom is -0.354 e. The fraction of sp³-hybridized carbons (Fsp3) is 0.786. The highest BCUT2D eigenvalue weighted by Crippen LogP contribution is 2.09. The summed E-state index contributed by atoms with van der Waals surface area (Å²) in [6, 6.07) is 0. The number of hydrogen-bond donors (Lipinski definition) is 2. The quantitative estimate of drug-likeness (QED) is 0.636. The van der Waals surface area contributed by atoms with Crippen LogP contribution in [0.25, 0.3) is 0 Å². The molecule has 5 nitrogen and oxygen atoms in total. The summed E-state index contributed by atoms with van der Waals surface area (Å²) in [4.78, 5) is 13.3. The van der Waals surface area contributed by atoms with E-state index in [1.54, 1.807) is 0 Å². The molecule has 2 N–H and O–H groups in total. The summed E-state index contributed by atoms with van der Waals surface area (Å²) in [6.45, 7) is 8.26. The lowest BCUT2D eigenvalue weighted by Gasteiger charge is -2.09. The largest absolute Gasteiger partial charge is 0.354 e. The average molecular weight is 265 g/mol. The number of hydrogen-bond acceptors (Lipinski definition) is 5. The van der Waals surface area contributed by atoms with Crippen LogP contribution in [-0.4, -0.2) is 28.0 Å². The molecule has 0 saturated heterocycles. The molecular formula is C14H27N5. The summed E-state index contributed by atoms with van der Waals surface area (Å²) < 4.78 is 0. The first-order valence-electron chi connectivity index (χ1n) is 7.52. The van der Waals surface area contributed by atoms with Crippen LogP contribution in [0, 0.1) is 0 Å². The minimum atomic E-state index is 0.696. The lowest BCUT2D eigenvalue weighted by molar-refractivity contribution is 0.690. The first kappa shape index (κ1) is 15.7. The maximum atomic E-state index is 4.48. The van der Waals surface area contributed by atoms with Crippen molar-refractivity contribution in [2.24, 2.45) is 0 Å². The summed E-state index contributed by atoms with van der Waals surface area (Å²) >= 11 is 0. The van der Waals surface area contributed by atoms with Crippen LogP contribution >= 0.6 is 0 Å². The van der Waals surface area contributed by atoms with Gasteiger partial charge in [-0.2, -0.15) is 15.0 Å². The van der Waals surface area contributed by atoms with E-state index < -0.39 is 0 Å². The molecule has 0 bridgehead atoms. The molecule has 1 aromatic heterocycles. The lowest BCUT2D eigenvalue weighted by atomic mass is 10.2. The number of nitrogens with one attached hydrogen (secondary N) is 2. The lowest BCUT2D eigenvalue weighted by Crippen LogP contribution is -2.12. The van der Waals surface area contributed by atoms with E-state index in [1.165, 1.54) is 12.8 Å². The molecule has 0 aliphatic carbocycles. The Morgan fingerprint density at radius 1 is 0.737 bits per heavy atom. The van der Waals surface area contributed by atoms with Crippen LogP contribution in [0.4, 0.5) is 11.9 Å². The van der Waals surface area contributed by atoms with E-state index >= 15 is 0 Å². The standard InChI is InChI=1S/C14H27N5/c1-4-7-8-9-12-17-13(15-10-5-2)19-14(18-12)16-11-6-3/h4-11H2,1-3H3,(H2,15,16,17,18,19). The zero-order chi connectivity index (χ0) is 13.9. The molecule has 1 heterocycles. The molecule has 5 heteroatoms. The second kappa shape index (κ2) is 9.53. The molecule has 0 spiro atoms. The van der Waals surface area contributed by atoms with Gasteiger partial charge in [0.1, 0.15) is 5.82 Å². The van der Waals surface area contributed by atoms with Gasteiger partial charge in [-0.05, 0) is 19.3 Å². The molecule has 0 fully saturated rings. The number of aromatic nitrogens is 3. The fourth-order valence-corrected chi connectivity index (χ4v) is 1.70. The van der Waals surface area contributed by atoms with Crippen LogP contribution in [0.15, 0.2) is 0 Å². The number of nitrogens with zero attached hydrogens (tertiary/aromatic N) is 3. The van der Waals surface area contributed by atoms with Gasteiger partial charge in [-0.1, -0.05) is 33.6 Å². The number of unbranched alkanes of at least 4 members (excludes halogenated alkanes) is 2. The van der Waals surface area contributed by atoms with E-state index in [9.17, 15) is 0 Å². The van der Waals surface area contributed by atoms with Gasteiger partial charge < -0.3 is 10.6 Å². The normalized spacial score (nSPS) is 10.5. The second-order valence-corrected chi connectivity index (χ2v) is 4.71. The molecule has 0 aliphatic heterocycles. The Hall–Kier alpha value is -1.39. The predicted molar refractivity (Wildman–Crippen MR) is 80.6 cm³/mol. The van der Waals surface area contributed by atoms with Crippen molar-refractivity contribution in [3.63, 3.8) is 0 Å². The van der Waals surface area contributed by atoms with E-state index in [-0.39, 0.29) is 0 Å². The monoisotopic (exact) mass is 265 g/mol. The molecule has 0 radical (unpaired) electrons. The van der Waals surface area contributed by atoms with E-state index in [1.807, 2.05) is 0 Å². The first-order valence-corrected chi connectivity index (χ1v) is 7.52. The molecule has 0 aliphatic rings. The van der Waals surface area contributed by atoms with Crippen LogP contribution in [0.2, 0.25) is 0 Å². The highest BCUT2D eigenvalue weighted by molar-refractivity contribution is 5.34. The smallest absolute Gasteiger partial charge is 0.227 e. The van der Waals surface area contributed by atoms with Gasteiger partial charge in [0.2, 0.25) is 11.9 Å². The third-order valence-electron chi connectivity index (χ3n) is 2.75. The number of anilines is 2. The molecule has 0 unspecified atom stereocenters. The predicted octanol–water partition coefficient (Wildman–Crippen LogP) is 3.25. The molecule has 19 heavy (non-hydrogen) atoms. The first-order chi connectivity index (χ1) is 9.30. The summed E-state index contributed by atoms with van der Waals surface area (Å²) in [6.07, 6.45) is 6.64.